The van der Waals surface area contributed by atoms with Gasteiger partial charge < -0.3 is 9.47 Å². The van der Waals surface area contributed by atoms with Crippen molar-refractivity contribution in [3.63, 3.8) is 0 Å². The zero-order valence-electron chi connectivity index (χ0n) is 10.6. The molecule has 0 aliphatic rings. The van der Waals surface area contributed by atoms with Gasteiger partial charge in [0.05, 0.1) is 19.8 Å². The molecule has 0 unspecified atom stereocenters. The number of rotatable bonds is 2. The number of ether oxygens (including phenoxy) is 2. The maximum Gasteiger partial charge on any atom is 0.338 e. The van der Waals surface area contributed by atoms with E-state index in [9.17, 15) is 9.59 Å². The highest BCUT2D eigenvalue weighted by Gasteiger charge is 2.08. The van der Waals surface area contributed by atoms with Gasteiger partial charge in [0.25, 0.3) is 0 Å². The summed E-state index contributed by atoms with van der Waals surface area (Å²) in [6.07, 6.45) is 0.0257. The molecule has 0 amide bonds. The van der Waals surface area contributed by atoms with Crippen LogP contribution in [0.25, 0.3) is 0 Å². The molecule has 4 heteroatoms. The van der Waals surface area contributed by atoms with Crippen molar-refractivity contribution in [2.45, 2.75) is 13.3 Å². The van der Waals surface area contributed by atoms with Crippen LogP contribution in [0, 0.1) is 18.8 Å². The normalized spacial score (nSPS) is 9.06. The molecule has 0 bridgehead atoms. The van der Waals surface area contributed by atoms with Crippen LogP contribution in [0.1, 0.15) is 27.9 Å². The van der Waals surface area contributed by atoms with Crippen LogP contribution in [-0.4, -0.2) is 26.2 Å². The van der Waals surface area contributed by atoms with E-state index in [1.165, 1.54) is 14.2 Å². The third kappa shape index (κ3) is 3.63. The zero-order valence-corrected chi connectivity index (χ0v) is 10.6. The molecule has 0 atom stereocenters. The fourth-order valence-corrected chi connectivity index (χ4v) is 1.32. The van der Waals surface area contributed by atoms with Gasteiger partial charge in [-0.1, -0.05) is 17.9 Å². The van der Waals surface area contributed by atoms with Gasteiger partial charge in [-0.3, -0.25) is 4.79 Å². The van der Waals surface area contributed by atoms with E-state index in [2.05, 4.69) is 21.3 Å². The molecule has 0 radical (unpaired) electrons. The molecule has 0 saturated heterocycles. The van der Waals surface area contributed by atoms with Gasteiger partial charge in [0.1, 0.15) is 6.42 Å². The second-order valence-corrected chi connectivity index (χ2v) is 3.58. The van der Waals surface area contributed by atoms with Crippen molar-refractivity contribution >= 4 is 11.9 Å². The van der Waals surface area contributed by atoms with Crippen LogP contribution in [0.15, 0.2) is 18.2 Å². The van der Waals surface area contributed by atoms with Crippen molar-refractivity contribution in [3.8, 4) is 11.8 Å². The van der Waals surface area contributed by atoms with Crippen molar-refractivity contribution in [1.29, 1.82) is 0 Å². The zero-order chi connectivity index (χ0) is 13.5. The molecule has 0 aliphatic carbocycles. The second-order valence-electron chi connectivity index (χ2n) is 3.58. The quantitative estimate of drug-likeness (QED) is 0.588. The molecule has 0 saturated carbocycles. The molecule has 0 aliphatic heterocycles. The summed E-state index contributed by atoms with van der Waals surface area (Å²) in [5.41, 5.74) is 1.95. The fourth-order valence-electron chi connectivity index (χ4n) is 1.32. The molecule has 0 aromatic heterocycles. The first-order chi connectivity index (χ1) is 8.58. The van der Waals surface area contributed by atoms with Gasteiger partial charge in [-0.2, -0.15) is 0 Å². The highest BCUT2D eigenvalue weighted by molar-refractivity contribution is 5.91. The first kappa shape index (κ1) is 13.8. The first-order valence-corrected chi connectivity index (χ1v) is 5.33. The molecule has 1 aromatic rings. The second kappa shape index (κ2) is 6.45. The summed E-state index contributed by atoms with van der Waals surface area (Å²) in [6.45, 7) is 1.82. The highest BCUT2D eigenvalue weighted by Crippen LogP contribution is 2.11. The Morgan fingerprint density at radius 1 is 1.22 bits per heavy atom. The van der Waals surface area contributed by atoms with E-state index in [0.29, 0.717) is 11.1 Å². The SMILES string of the molecule is COC(=O)CC#Cc1ccc(C)c(C(=O)OC)c1. The number of carbonyl (C=O) groups excluding carboxylic acids is 2. The van der Waals surface area contributed by atoms with Crippen LogP contribution in [0.3, 0.4) is 0 Å². The topological polar surface area (TPSA) is 52.6 Å². The maximum absolute atomic E-state index is 11.5. The molecule has 94 valence electrons. The monoisotopic (exact) mass is 246 g/mol. The molecule has 0 heterocycles. The Balaban J connectivity index is 2.92. The smallest absolute Gasteiger partial charge is 0.338 e. The number of benzene rings is 1. The standard InChI is InChI=1S/C14H14O4/c1-10-7-8-11(5-4-6-13(15)17-2)9-12(10)14(16)18-3/h7-9H,6H2,1-3H3. The lowest BCUT2D eigenvalue weighted by atomic mass is 10.1. The fraction of sp³-hybridized carbons (Fsp3) is 0.286. The Bertz CT molecular complexity index is 520. The van der Waals surface area contributed by atoms with Gasteiger partial charge in [0.2, 0.25) is 0 Å². The van der Waals surface area contributed by atoms with Gasteiger partial charge in [0, 0.05) is 5.56 Å². The number of carbonyl (C=O) groups is 2. The Hall–Kier alpha value is -2.28. The summed E-state index contributed by atoms with van der Waals surface area (Å²) >= 11 is 0. The molecule has 18 heavy (non-hydrogen) atoms. The predicted molar refractivity (Wildman–Crippen MR) is 66.0 cm³/mol. The van der Waals surface area contributed by atoms with Gasteiger partial charge in [0.15, 0.2) is 0 Å². The lowest BCUT2D eigenvalue weighted by Crippen LogP contribution is -2.04. The summed E-state index contributed by atoms with van der Waals surface area (Å²) < 4.78 is 9.14. The van der Waals surface area contributed by atoms with E-state index in [1.807, 2.05) is 6.92 Å². The van der Waals surface area contributed by atoms with Crippen LogP contribution >= 0.6 is 0 Å². The average molecular weight is 246 g/mol. The Labute approximate surface area is 106 Å². The van der Waals surface area contributed by atoms with Crippen LogP contribution in [0.4, 0.5) is 0 Å². The number of hydrogen-bond acceptors (Lipinski definition) is 4. The summed E-state index contributed by atoms with van der Waals surface area (Å²) in [6, 6.07) is 5.21. The van der Waals surface area contributed by atoms with Gasteiger partial charge >= 0.3 is 11.9 Å². The molecular weight excluding hydrogens is 232 g/mol. The van der Waals surface area contributed by atoms with Crippen molar-refractivity contribution in [1.82, 2.24) is 0 Å². The van der Waals surface area contributed by atoms with Gasteiger partial charge in [-0.15, -0.1) is 0 Å². The molecular formula is C14H14O4. The molecule has 0 spiro atoms. The Kier molecular flexibility index (Phi) is 4.94. The van der Waals surface area contributed by atoms with Crippen LogP contribution in [0.5, 0.6) is 0 Å². The average Bonchev–Trinajstić information content (AvgIpc) is 2.39. The van der Waals surface area contributed by atoms with Crippen LogP contribution in [0.2, 0.25) is 0 Å². The summed E-state index contributed by atoms with van der Waals surface area (Å²) in [5.74, 6) is 4.69. The van der Waals surface area contributed by atoms with E-state index >= 15 is 0 Å². The third-order valence-electron chi connectivity index (χ3n) is 2.34. The van der Waals surface area contributed by atoms with E-state index in [1.54, 1.807) is 18.2 Å². The van der Waals surface area contributed by atoms with Crippen LogP contribution < -0.4 is 0 Å². The lowest BCUT2D eigenvalue weighted by molar-refractivity contribution is -0.139. The molecule has 4 nitrogen and oxygen atoms in total. The minimum absolute atomic E-state index is 0.0257. The first-order valence-electron chi connectivity index (χ1n) is 5.33. The number of methoxy groups -OCH3 is 2. The van der Waals surface area contributed by atoms with E-state index in [4.69, 9.17) is 0 Å². The Morgan fingerprint density at radius 2 is 1.94 bits per heavy atom. The van der Waals surface area contributed by atoms with E-state index in [-0.39, 0.29) is 12.4 Å². The lowest BCUT2D eigenvalue weighted by Gasteiger charge is -2.03. The Morgan fingerprint density at radius 3 is 2.56 bits per heavy atom. The predicted octanol–water partition coefficient (Wildman–Crippen LogP) is 1.70. The van der Waals surface area contributed by atoms with Crippen molar-refractivity contribution in [2.24, 2.45) is 0 Å². The van der Waals surface area contributed by atoms with Gasteiger partial charge in [-0.05, 0) is 24.6 Å². The summed E-state index contributed by atoms with van der Waals surface area (Å²) in [4.78, 5) is 22.3. The highest BCUT2D eigenvalue weighted by atomic mass is 16.5. The third-order valence-corrected chi connectivity index (χ3v) is 2.34. The summed E-state index contributed by atoms with van der Waals surface area (Å²) in [7, 11) is 2.64. The summed E-state index contributed by atoms with van der Waals surface area (Å²) in [5, 5.41) is 0. The molecule has 1 aromatic carbocycles. The largest absolute Gasteiger partial charge is 0.468 e. The van der Waals surface area contributed by atoms with Gasteiger partial charge in [-0.25, -0.2) is 4.79 Å². The number of hydrogen-bond donors (Lipinski definition) is 0. The minimum atomic E-state index is -0.399. The van der Waals surface area contributed by atoms with E-state index < -0.39 is 5.97 Å². The number of esters is 2. The molecule has 0 N–H and O–H groups in total. The molecule has 1 rings (SSSR count). The van der Waals surface area contributed by atoms with Crippen LogP contribution in [-0.2, 0) is 14.3 Å². The number of aryl methyl sites for hydroxylation is 1. The van der Waals surface area contributed by atoms with Crippen molar-refractivity contribution in [3.05, 3.63) is 34.9 Å². The maximum atomic E-state index is 11.5. The minimum Gasteiger partial charge on any atom is -0.468 e. The van der Waals surface area contributed by atoms with Crippen molar-refractivity contribution < 1.29 is 19.1 Å². The van der Waals surface area contributed by atoms with E-state index in [0.717, 1.165) is 5.56 Å². The molecule has 0 fully saturated rings. The van der Waals surface area contributed by atoms with Crippen molar-refractivity contribution in [2.75, 3.05) is 14.2 Å².